The van der Waals surface area contributed by atoms with Gasteiger partial charge in [0.2, 0.25) is 5.89 Å². The predicted molar refractivity (Wildman–Crippen MR) is 68.1 cm³/mol. The molecule has 96 valence electrons. The van der Waals surface area contributed by atoms with Crippen molar-refractivity contribution in [1.29, 1.82) is 0 Å². The van der Waals surface area contributed by atoms with Gasteiger partial charge in [-0.3, -0.25) is 0 Å². The van der Waals surface area contributed by atoms with Crippen LogP contribution in [0.1, 0.15) is 31.6 Å². The summed E-state index contributed by atoms with van der Waals surface area (Å²) in [5.74, 6) is 0.167. The molecule has 1 fully saturated rings. The first kappa shape index (κ1) is 11.9. The lowest BCUT2D eigenvalue weighted by Gasteiger charge is -2.08. The summed E-state index contributed by atoms with van der Waals surface area (Å²) in [7, 11) is 0. The van der Waals surface area contributed by atoms with E-state index in [4.69, 9.17) is 16.0 Å². The van der Waals surface area contributed by atoms with E-state index in [0.29, 0.717) is 29.6 Å². The van der Waals surface area contributed by atoms with E-state index in [1.165, 1.54) is 37.8 Å². The maximum atomic E-state index is 13.2. The highest BCUT2D eigenvalue weighted by Gasteiger charge is 2.16. The smallest absolute Gasteiger partial charge is 0.209 e. The predicted octanol–water partition coefficient (Wildman–Crippen LogP) is 3.65. The van der Waals surface area contributed by atoms with Gasteiger partial charge in [-0.25, -0.2) is 9.37 Å². The number of nitrogens with zero attached hydrogens (tertiary/aromatic N) is 1. The van der Waals surface area contributed by atoms with Crippen LogP contribution >= 0.6 is 11.6 Å². The standard InChI is InChI=1S/C13H14ClFN2O/c14-10-5-8(15)6-11-13(10)18-12(17-11)7-16-9-3-1-2-4-9/h5-6,9,16H,1-4,7H2. The van der Waals surface area contributed by atoms with Crippen LogP contribution in [0.5, 0.6) is 0 Å². The van der Waals surface area contributed by atoms with E-state index in [2.05, 4.69) is 10.3 Å². The summed E-state index contributed by atoms with van der Waals surface area (Å²) in [5.41, 5.74) is 0.935. The Morgan fingerprint density at radius 3 is 2.94 bits per heavy atom. The summed E-state index contributed by atoms with van der Waals surface area (Å²) in [4.78, 5) is 4.24. The molecule has 0 spiro atoms. The van der Waals surface area contributed by atoms with Crippen LogP contribution in [0.15, 0.2) is 16.5 Å². The number of hydrogen-bond donors (Lipinski definition) is 1. The number of aromatic nitrogens is 1. The highest BCUT2D eigenvalue weighted by Crippen LogP contribution is 2.26. The Labute approximate surface area is 109 Å². The van der Waals surface area contributed by atoms with Gasteiger partial charge < -0.3 is 9.73 Å². The second-order valence-electron chi connectivity index (χ2n) is 4.71. The molecule has 18 heavy (non-hydrogen) atoms. The second-order valence-corrected chi connectivity index (χ2v) is 5.11. The molecule has 5 heteroatoms. The van der Waals surface area contributed by atoms with Crippen molar-refractivity contribution in [2.75, 3.05) is 0 Å². The SMILES string of the molecule is Fc1cc(Cl)c2oc(CNC3CCCC3)nc2c1. The first-order chi connectivity index (χ1) is 8.72. The highest BCUT2D eigenvalue weighted by molar-refractivity contribution is 6.34. The normalized spacial score (nSPS) is 16.8. The Balaban J connectivity index is 1.78. The van der Waals surface area contributed by atoms with Gasteiger partial charge >= 0.3 is 0 Å². The lowest BCUT2D eigenvalue weighted by atomic mass is 10.2. The van der Waals surface area contributed by atoms with Gasteiger partial charge in [0.25, 0.3) is 0 Å². The molecule has 3 nitrogen and oxygen atoms in total. The first-order valence-corrected chi connectivity index (χ1v) is 6.58. The quantitative estimate of drug-likeness (QED) is 0.923. The summed E-state index contributed by atoms with van der Waals surface area (Å²) in [6.07, 6.45) is 4.97. The Morgan fingerprint density at radius 2 is 2.17 bits per heavy atom. The molecule has 1 saturated carbocycles. The molecule has 0 saturated heterocycles. The summed E-state index contributed by atoms with van der Waals surface area (Å²) < 4.78 is 18.7. The third kappa shape index (κ3) is 2.35. The monoisotopic (exact) mass is 268 g/mol. The highest BCUT2D eigenvalue weighted by atomic mass is 35.5. The zero-order valence-electron chi connectivity index (χ0n) is 9.88. The molecule has 2 aromatic rings. The largest absolute Gasteiger partial charge is 0.438 e. The van der Waals surface area contributed by atoms with Crippen molar-refractivity contribution < 1.29 is 8.81 Å². The summed E-state index contributed by atoms with van der Waals surface area (Å²) in [5, 5.41) is 3.67. The summed E-state index contributed by atoms with van der Waals surface area (Å²) in [6.45, 7) is 0.567. The van der Waals surface area contributed by atoms with Crippen LogP contribution in [0.4, 0.5) is 4.39 Å². The molecule has 0 aliphatic heterocycles. The molecule has 1 aromatic carbocycles. The summed E-state index contributed by atoms with van der Waals surface area (Å²) in [6, 6.07) is 3.12. The number of benzene rings is 1. The lowest BCUT2D eigenvalue weighted by Crippen LogP contribution is -2.25. The van der Waals surface area contributed by atoms with Crippen LogP contribution in [0.25, 0.3) is 11.1 Å². The molecule has 3 rings (SSSR count). The minimum absolute atomic E-state index is 0.268. The number of fused-ring (bicyclic) bond motifs is 1. The van der Waals surface area contributed by atoms with Gasteiger partial charge in [0, 0.05) is 12.1 Å². The zero-order valence-corrected chi connectivity index (χ0v) is 10.6. The van der Waals surface area contributed by atoms with Crippen LogP contribution in [0.2, 0.25) is 5.02 Å². The van der Waals surface area contributed by atoms with Gasteiger partial charge in [-0.1, -0.05) is 24.4 Å². The van der Waals surface area contributed by atoms with Crippen LogP contribution in [-0.2, 0) is 6.54 Å². The number of rotatable bonds is 3. The third-order valence-electron chi connectivity index (χ3n) is 3.35. The molecule has 0 unspecified atom stereocenters. The van der Waals surface area contributed by atoms with E-state index in [9.17, 15) is 4.39 Å². The van der Waals surface area contributed by atoms with Crippen molar-refractivity contribution in [3.05, 3.63) is 28.9 Å². The maximum Gasteiger partial charge on any atom is 0.209 e. The van der Waals surface area contributed by atoms with Crippen molar-refractivity contribution in [2.45, 2.75) is 38.3 Å². The van der Waals surface area contributed by atoms with E-state index in [1.54, 1.807) is 0 Å². The van der Waals surface area contributed by atoms with Crippen LogP contribution in [0, 0.1) is 5.82 Å². The molecular formula is C13H14ClFN2O. The summed E-state index contributed by atoms with van der Waals surface area (Å²) >= 11 is 5.91. The van der Waals surface area contributed by atoms with E-state index < -0.39 is 5.82 Å². The Morgan fingerprint density at radius 1 is 1.39 bits per heavy atom. The van der Waals surface area contributed by atoms with Crippen molar-refractivity contribution in [3.63, 3.8) is 0 Å². The fourth-order valence-corrected chi connectivity index (χ4v) is 2.68. The van der Waals surface area contributed by atoms with Gasteiger partial charge in [-0.2, -0.15) is 0 Å². The minimum atomic E-state index is -0.392. The van der Waals surface area contributed by atoms with E-state index in [-0.39, 0.29) is 5.02 Å². The maximum absolute atomic E-state index is 13.2. The van der Waals surface area contributed by atoms with Crippen LogP contribution < -0.4 is 5.32 Å². The van der Waals surface area contributed by atoms with Crippen LogP contribution in [-0.4, -0.2) is 11.0 Å². The minimum Gasteiger partial charge on any atom is -0.438 e. The molecular weight excluding hydrogens is 255 g/mol. The van der Waals surface area contributed by atoms with Gasteiger partial charge in [0.1, 0.15) is 11.3 Å². The van der Waals surface area contributed by atoms with Crippen molar-refractivity contribution >= 4 is 22.7 Å². The van der Waals surface area contributed by atoms with Gasteiger partial charge in [0.15, 0.2) is 5.58 Å². The average Bonchev–Trinajstić information content (AvgIpc) is 2.93. The second kappa shape index (κ2) is 4.86. The molecule has 1 aromatic heterocycles. The molecule has 1 aliphatic carbocycles. The van der Waals surface area contributed by atoms with E-state index >= 15 is 0 Å². The molecule has 0 atom stereocenters. The van der Waals surface area contributed by atoms with Crippen molar-refractivity contribution in [2.24, 2.45) is 0 Å². The number of nitrogens with one attached hydrogen (secondary N) is 1. The van der Waals surface area contributed by atoms with Crippen molar-refractivity contribution in [3.8, 4) is 0 Å². The van der Waals surface area contributed by atoms with Gasteiger partial charge in [-0.15, -0.1) is 0 Å². The van der Waals surface area contributed by atoms with Gasteiger partial charge in [0.05, 0.1) is 11.6 Å². The van der Waals surface area contributed by atoms with E-state index in [1.807, 2.05) is 0 Å². The fourth-order valence-electron chi connectivity index (χ4n) is 2.44. The number of hydrogen-bond acceptors (Lipinski definition) is 3. The molecule has 1 N–H and O–H groups in total. The Hall–Kier alpha value is -1.13. The Kier molecular flexibility index (Phi) is 3.22. The molecule has 0 radical (unpaired) electrons. The molecule has 0 bridgehead atoms. The lowest BCUT2D eigenvalue weighted by molar-refractivity contribution is 0.450. The molecule has 1 aliphatic rings. The molecule has 1 heterocycles. The molecule has 0 amide bonds. The third-order valence-corrected chi connectivity index (χ3v) is 3.63. The average molecular weight is 269 g/mol. The Bertz CT molecular complexity index is 563. The first-order valence-electron chi connectivity index (χ1n) is 6.20. The van der Waals surface area contributed by atoms with Crippen LogP contribution in [0.3, 0.4) is 0 Å². The number of oxazole rings is 1. The van der Waals surface area contributed by atoms with Crippen molar-refractivity contribution in [1.82, 2.24) is 10.3 Å². The van der Waals surface area contributed by atoms with E-state index in [0.717, 1.165) is 0 Å². The number of halogens is 2. The van der Waals surface area contributed by atoms with Gasteiger partial charge in [-0.05, 0) is 18.9 Å². The topological polar surface area (TPSA) is 38.1 Å². The fraction of sp³-hybridized carbons (Fsp3) is 0.462. The zero-order chi connectivity index (χ0) is 12.5.